The minimum atomic E-state index is 0.750. The lowest BCUT2D eigenvalue weighted by Gasteiger charge is -2.10. The van der Waals surface area contributed by atoms with Gasteiger partial charge in [-0.3, -0.25) is 0 Å². The Morgan fingerprint density at radius 3 is 2.84 bits per heavy atom. The first-order valence-corrected chi connectivity index (χ1v) is 6.91. The summed E-state index contributed by atoms with van der Waals surface area (Å²) in [6.07, 6.45) is 11.3. The Balaban J connectivity index is 1.62. The maximum Gasteiger partial charge on any atom is 0.176 e. The fourth-order valence-electron chi connectivity index (χ4n) is 2.64. The number of aromatic nitrogens is 4. The molecular formula is C14H20N4O. The van der Waals surface area contributed by atoms with E-state index in [9.17, 15) is 0 Å². The fraction of sp³-hybridized carbons (Fsp3) is 0.571. The van der Waals surface area contributed by atoms with E-state index >= 15 is 0 Å². The van der Waals surface area contributed by atoms with Crippen LogP contribution in [0.5, 0.6) is 0 Å². The number of ether oxygens (including phenoxy) is 1. The van der Waals surface area contributed by atoms with Crippen LogP contribution < -0.4 is 0 Å². The predicted octanol–water partition coefficient (Wildman–Crippen LogP) is 2.10. The van der Waals surface area contributed by atoms with Crippen LogP contribution in [0.15, 0.2) is 24.8 Å². The van der Waals surface area contributed by atoms with Gasteiger partial charge in [0.05, 0.1) is 0 Å². The second-order valence-corrected chi connectivity index (χ2v) is 5.18. The number of nitrogens with zero attached hydrogens (tertiary/aromatic N) is 4. The van der Waals surface area contributed by atoms with Crippen LogP contribution in [0.3, 0.4) is 0 Å². The summed E-state index contributed by atoms with van der Waals surface area (Å²) in [5.41, 5.74) is 0. The summed E-state index contributed by atoms with van der Waals surface area (Å²) in [5, 5.41) is 0. The molecule has 3 heterocycles. The van der Waals surface area contributed by atoms with Gasteiger partial charge in [0.25, 0.3) is 0 Å². The van der Waals surface area contributed by atoms with E-state index in [4.69, 9.17) is 4.74 Å². The minimum Gasteiger partial charge on any atom is -0.381 e. The molecule has 0 aromatic carbocycles. The molecule has 2 aromatic rings. The molecule has 0 unspecified atom stereocenters. The average Bonchev–Trinajstić information content (AvgIpc) is 3.10. The zero-order valence-corrected chi connectivity index (χ0v) is 11.3. The predicted molar refractivity (Wildman–Crippen MR) is 72.6 cm³/mol. The third-order valence-electron chi connectivity index (χ3n) is 3.77. The second-order valence-electron chi connectivity index (χ2n) is 5.18. The Kier molecular flexibility index (Phi) is 3.64. The number of hydrogen-bond donors (Lipinski definition) is 0. The van der Waals surface area contributed by atoms with Crippen LogP contribution in [0.4, 0.5) is 0 Å². The van der Waals surface area contributed by atoms with Crippen molar-refractivity contribution in [3.8, 4) is 11.6 Å². The van der Waals surface area contributed by atoms with E-state index in [1.54, 1.807) is 0 Å². The van der Waals surface area contributed by atoms with E-state index in [2.05, 4.69) is 14.5 Å². The Morgan fingerprint density at radius 1 is 1.26 bits per heavy atom. The Morgan fingerprint density at radius 2 is 2.11 bits per heavy atom. The summed E-state index contributed by atoms with van der Waals surface area (Å²) >= 11 is 0. The van der Waals surface area contributed by atoms with Crippen molar-refractivity contribution in [2.45, 2.75) is 25.8 Å². The Bertz CT molecular complexity index is 525. The number of imidazole rings is 2. The van der Waals surface area contributed by atoms with Gasteiger partial charge >= 0.3 is 0 Å². The summed E-state index contributed by atoms with van der Waals surface area (Å²) in [6.45, 7) is 2.88. The van der Waals surface area contributed by atoms with Gasteiger partial charge in [-0.25, -0.2) is 9.97 Å². The van der Waals surface area contributed by atoms with Crippen molar-refractivity contribution in [1.82, 2.24) is 19.1 Å². The van der Waals surface area contributed by atoms with Gasteiger partial charge in [0.2, 0.25) is 0 Å². The van der Waals surface area contributed by atoms with Crippen molar-refractivity contribution in [1.29, 1.82) is 0 Å². The summed E-state index contributed by atoms with van der Waals surface area (Å²) in [7, 11) is 2.00. The molecule has 102 valence electrons. The normalized spacial score (nSPS) is 19.1. The smallest absolute Gasteiger partial charge is 0.176 e. The highest BCUT2D eigenvalue weighted by Crippen LogP contribution is 2.20. The molecule has 0 aliphatic carbocycles. The van der Waals surface area contributed by atoms with Gasteiger partial charge in [-0.15, -0.1) is 0 Å². The average molecular weight is 260 g/mol. The fourth-order valence-corrected chi connectivity index (χ4v) is 2.64. The highest BCUT2D eigenvalue weighted by molar-refractivity contribution is 5.44. The number of hydrogen-bond acceptors (Lipinski definition) is 3. The molecule has 0 N–H and O–H groups in total. The molecule has 0 spiro atoms. The monoisotopic (exact) mass is 260 g/mol. The summed E-state index contributed by atoms with van der Waals surface area (Å²) in [6, 6.07) is 0. The zero-order chi connectivity index (χ0) is 13.1. The molecule has 19 heavy (non-hydrogen) atoms. The quantitative estimate of drug-likeness (QED) is 0.827. The molecule has 1 aliphatic heterocycles. The summed E-state index contributed by atoms with van der Waals surface area (Å²) in [5.74, 6) is 2.63. The highest BCUT2D eigenvalue weighted by atomic mass is 16.5. The van der Waals surface area contributed by atoms with Crippen molar-refractivity contribution in [2.75, 3.05) is 13.2 Å². The third kappa shape index (κ3) is 2.71. The van der Waals surface area contributed by atoms with Gasteiger partial charge in [-0.05, 0) is 25.2 Å². The van der Waals surface area contributed by atoms with Crippen molar-refractivity contribution in [2.24, 2.45) is 13.0 Å². The molecule has 0 amide bonds. The first-order valence-electron chi connectivity index (χ1n) is 6.91. The molecule has 1 saturated heterocycles. The molecule has 5 nitrogen and oxygen atoms in total. The maximum absolute atomic E-state index is 5.41. The van der Waals surface area contributed by atoms with E-state index in [-0.39, 0.29) is 0 Å². The molecular weight excluding hydrogens is 240 g/mol. The lowest BCUT2D eigenvalue weighted by molar-refractivity contribution is 0.183. The van der Waals surface area contributed by atoms with Crippen LogP contribution >= 0.6 is 0 Å². The van der Waals surface area contributed by atoms with Crippen molar-refractivity contribution in [3.05, 3.63) is 24.8 Å². The topological polar surface area (TPSA) is 44.9 Å². The molecule has 0 bridgehead atoms. The third-order valence-corrected chi connectivity index (χ3v) is 3.77. The van der Waals surface area contributed by atoms with Crippen molar-refractivity contribution in [3.63, 3.8) is 0 Å². The van der Waals surface area contributed by atoms with Gasteiger partial charge in [0.1, 0.15) is 0 Å². The van der Waals surface area contributed by atoms with Crippen LogP contribution in [0.2, 0.25) is 0 Å². The van der Waals surface area contributed by atoms with Crippen LogP contribution in [0.25, 0.3) is 11.6 Å². The first-order chi connectivity index (χ1) is 9.34. The van der Waals surface area contributed by atoms with E-state index in [1.165, 1.54) is 19.3 Å². The Hall–Kier alpha value is -1.62. The molecule has 1 atom stereocenters. The molecule has 0 saturated carbocycles. The zero-order valence-electron chi connectivity index (χ0n) is 11.3. The van der Waals surface area contributed by atoms with Crippen LogP contribution in [0.1, 0.15) is 19.3 Å². The van der Waals surface area contributed by atoms with Gasteiger partial charge in [0, 0.05) is 51.6 Å². The van der Waals surface area contributed by atoms with Crippen LogP contribution in [-0.4, -0.2) is 32.3 Å². The summed E-state index contributed by atoms with van der Waals surface area (Å²) in [4.78, 5) is 8.79. The molecule has 5 heteroatoms. The van der Waals surface area contributed by atoms with Crippen LogP contribution in [0, 0.1) is 5.92 Å². The highest BCUT2D eigenvalue weighted by Gasteiger charge is 2.15. The van der Waals surface area contributed by atoms with E-state index in [1.807, 2.05) is 36.4 Å². The molecule has 2 aromatic heterocycles. The molecule has 1 fully saturated rings. The van der Waals surface area contributed by atoms with Gasteiger partial charge in [-0.2, -0.15) is 0 Å². The first kappa shape index (κ1) is 12.4. The van der Waals surface area contributed by atoms with Crippen molar-refractivity contribution >= 4 is 0 Å². The van der Waals surface area contributed by atoms with Gasteiger partial charge in [-0.1, -0.05) is 0 Å². The number of aryl methyl sites for hydroxylation is 2. The maximum atomic E-state index is 5.41. The lowest BCUT2D eigenvalue weighted by atomic mass is 10.0. The van der Waals surface area contributed by atoms with E-state index in [0.717, 1.165) is 37.3 Å². The number of rotatable bonds is 5. The van der Waals surface area contributed by atoms with Crippen LogP contribution in [-0.2, 0) is 18.3 Å². The van der Waals surface area contributed by atoms with Crippen molar-refractivity contribution < 1.29 is 4.74 Å². The van der Waals surface area contributed by atoms with E-state index in [0.29, 0.717) is 0 Å². The van der Waals surface area contributed by atoms with E-state index < -0.39 is 0 Å². The molecule has 1 aliphatic rings. The minimum absolute atomic E-state index is 0.750. The molecule has 3 rings (SSSR count). The summed E-state index contributed by atoms with van der Waals surface area (Å²) < 4.78 is 9.61. The Labute approximate surface area is 113 Å². The van der Waals surface area contributed by atoms with Gasteiger partial charge in [0.15, 0.2) is 11.6 Å². The second kappa shape index (κ2) is 5.57. The van der Waals surface area contributed by atoms with Gasteiger partial charge < -0.3 is 13.9 Å². The molecule has 0 radical (unpaired) electrons. The largest absolute Gasteiger partial charge is 0.381 e. The standard InChI is InChI=1S/C14H20N4O/c1-17-8-5-15-13(17)14-16-6-9-18(14)7-2-3-12-4-10-19-11-12/h5-6,8-9,12H,2-4,7,10-11H2,1H3/t12-/m1/s1. The lowest BCUT2D eigenvalue weighted by Crippen LogP contribution is -2.06. The SMILES string of the molecule is Cn1ccnc1-c1nccn1CCC[C@@H]1CCOC1.